The van der Waals surface area contributed by atoms with Crippen LogP contribution >= 0.6 is 0 Å². The average Bonchev–Trinajstić information content (AvgIpc) is 2.74. The van der Waals surface area contributed by atoms with E-state index in [1.165, 1.54) is 22.3 Å². The lowest BCUT2D eigenvalue weighted by Crippen LogP contribution is -2.31. The van der Waals surface area contributed by atoms with Crippen LogP contribution in [0.1, 0.15) is 22.3 Å². The lowest BCUT2D eigenvalue weighted by molar-refractivity contribution is 0.353. The summed E-state index contributed by atoms with van der Waals surface area (Å²) in [7, 11) is 3.33. The molecule has 3 aromatic rings. The number of hydrogen-bond acceptors (Lipinski definition) is 6. The van der Waals surface area contributed by atoms with Crippen molar-refractivity contribution in [2.75, 3.05) is 31.0 Å². The number of hydrogen-bond donors (Lipinski definition) is 1. The Kier molecular flexibility index (Phi) is 5.25. The largest absolute Gasteiger partial charge is 0.493 e. The van der Waals surface area contributed by atoms with E-state index >= 15 is 0 Å². The fourth-order valence-corrected chi connectivity index (χ4v) is 3.72. The molecule has 1 aliphatic rings. The first-order valence-electron chi connectivity index (χ1n) is 9.73. The number of benzene rings is 2. The molecule has 150 valence electrons. The fourth-order valence-electron chi connectivity index (χ4n) is 3.72. The Hall–Kier alpha value is -3.28. The standard InChI is InChI=1S/C23H26N4O2/c1-15-5-6-19(16(2)11-15)25-22-7-9-24-23(26-22)27-10-8-17-12-20(28-3)21(29-4)13-18(17)14-27/h5-7,9,11-13H,8,10,14H2,1-4H3,(H,24,25,26). The number of methoxy groups -OCH3 is 2. The minimum atomic E-state index is 0.722. The maximum atomic E-state index is 5.46. The predicted molar refractivity (Wildman–Crippen MR) is 116 cm³/mol. The second-order valence-electron chi connectivity index (χ2n) is 7.33. The van der Waals surface area contributed by atoms with Crippen LogP contribution in [0.15, 0.2) is 42.6 Å². The molecular formula is C23H26N4O2. The van der Waals surface area contributed by atoms with Crippen LogP contribution in [0.2, 0.25) is 0 Å². The maximum Gasteiger partial charge on any atom is 0.227 e. The van der Waals surface area contributed by atoms with Crippen molar-refractivity contribution in [3.8, 4) is 11.5 Å². The Balaban J connectivity index is 1.56. The van der Waals surface area contributed by atoms with Crippen LogP contribution in [0.25, 0.3) is 0 Å². The molecule has 29 heavy (non-hydrogen) atoms. The molecule has 1 N–H and O–H groups in total. The zero-order valence-corrected chi connectivity index (χ0v) is 17.3. The average molecular weight is 390 g/mol. The third-order valence-corrected chi connectivity index (χ3v) is 5.29. The molecule has 0 spiro atoms. The number of aryl methyl sites for hydroxylation is 2. The zero-order valence-electron chi connectivity index (χ0n) is 17.3. The van der Waals surface area contributed by atoms with Crippen molar-refractivity contribution in [1.29, 1.82) is 0 Å². The SMILES string of the molecule is COc1cc2c(cc1OC)CN(c1nccc(Nc3ccc(C)cc3C)n1)CC2. The van der Waals surface area contributed by atoms with Crippen molar-refractivity contribution in [3.05, 3.63) is 64.8 Å². The van der Waals surface area contributed by atoms with Crippen molar-refractivity contribution < 1.29 is 9.47 Å². The van der Waals surface area contributed by atoms with Gasteiger partial charge in [-0.25, -0.2) is 4.98 Å². The van der Waals surface area contributed by atoms with E-state index < -0.39 is 0 Å². The van der Waals surface area contributed by atoms with Crippen molar-refractivity contribution in [2.45, 2.75) is 26.8 Å². The molecule has 0 atom stereocenters. The van der Waals surface area contributed by atoms with E-state index in [9.17, 15) is 0 Å². The smallest absolute Gasteiger partial charge is 0.227 e. The summed E-state index contributed by atoms with van der Waals surface area (Å²) in [5.74, 6) is 3.04. The van der Waals surface area contributed by atoms with Gasteiger partial charge in [0.1, 0.15) is 5.82 Å². The van der Waals surface area contributed by atoms with E-state index in [2.05, 4.69) is 59.4 Å². The topological polar surface area (TPSA) is 59.5 Å². The van der Waals surface area contributed by atoms with Crippen LogP contribution in [0.5, 0.6) is 11.5 Å². The zero-order chi connectivity index (χ0) is 20.4. The van der Waals surface area contributed by atoms with E-state index in [-0.39, 0.29) is 0 Å². The van der Waals surface area contributed by atoms with Crippen molar-refractivity contribution in [2.24, 2.45) is 0 Å². The number of rotatable bonds is 5. The molecule has 6 nitrogen and oxygen atoms in total. The first kappa shape index (κ1) is 19.1. The van der Waals surface area contributed by atoms with Gasteiger partial charge in [-0.2, -0.15) is 4.98 Å². The minimum Gasteiger partial charge on any atom is -0.493 e. The third-order valence-electron chi connectivity index (χ3n) is 5.29. The molecule has 2 heterocycles. The van der Waals surface area contributed by atoms with E-state index in [4.69, 9.17) is 14.5 Å². The summed E-state index contributed by atoms with van der Waals surface area (Å²) in [6.07, 6.45) is 2.71. The van der Waals surface area contributed by atoms with E-state index in [0.717, 1.165) is 48.5 Å². The summed E-state index contributed by atoms with van der Waals surface area (Å²) in [6, 6.07) is 12.4. The number of fused-ring (bicyclic) bond motifs is 1. The molecule has 4 rings (SSSR count). The molecule has 0 aliphatic carbocycles. The fraction of sp³-hybridized carbons (Fsp3) is 0.304. The van der Waals surface area contributed by atoms with E-state index in [1.807, 2.05) is 6.07 Å². The molecule has 0 saturated heterocycles. The molecule has 0 unspecified atom stereocenters. The van der Waals surface area contributed by atoms with Crippen molar-refractivity contribution in [1.82, 2.24) is 9.97 Å². The normalized spacial score (nSPS) is 13.0. The van der Waals surface area contributed by atoms with Gasteiger partial charge in [0.15, 0.2) is 11.5 Å². The van der Waals surface area contributed by atoms with Crippen LogP contribution in [0, 0.1) is 13.8 Å². The summed E-state index contributed by atoms with van der Waals surface area (Å²) >= 11 is 0. The summed E-state index contributed by atoms with van der Waals surface area (Å²) in [6.45, 7) is 5.79. The second-order valence-corrected chi connectivity index (χ2v) is 7.33. The highest BCUT2D eigenvalue weighted by atomic mass is 16.5. The van der Waals surface area contributed by atoms with Crippen LogP contribution in [-0.4, -0.2) is 30.7 Å². The number of nitrogens with one attached hydrogen (secondary N) is 1. The first-order valence-corrected chi connectivity index (χ1v) is 9.73. The van der Waals surface area contributed by atoms with Crippen molar-refractivity contribution in [3.63, 3.8) is 0 Å². The number of aromatic nitrogens is 2. The van der Waals surface area contributed by atoms with Crippen molar-refractivity contribution >= 4 is 17.5 Å². The summed E-state index contributed by atoms with van der Waals surface area (Å²) in [4.78, 5) is 11.5. The molecule has 6 heteroatoms. The number of nitrogens with zero attached hydrogens (tertiary/aromatic N) is 3. The molecule has 0 saturated carbocycles. The Morgan fingerprint density at radius 2 is 1.72 bits per heavy atom. The lowest BCUT2D eigenvalue weighted by Gasteiger charge is -2.29. The highest BCUT2D eigenvalue weighted by molar-refractivity contribution is 5.61. The molecule has 1 aliphatic heterocycles. The van der Waals surface area contributed by atoms with Gasteiger partial charge >= 0.3 is 0 Å². The summed E-state index contributed by atoms with van der Waals surface area (Å²) in [5, 5.41) is 3.42. The molecule has 0 radical (unpaired) electrons. The highest BCUT2D eigenvalue weighted by Gasteiger charge is 2.21. The van der Waals surface area contributed by atoms with Crippen LogP contribution < -0.4 is 19.7 Å². The van der Waals surface area contributed by atoms with Gasteiger partial charge in [-0.1, -0.05) is 17.7 Å². The summed E-state index contributed by atoms with van der Waals surface area (Å²) in [5.41, 5.74) is 5.99. The van der Waals surface area contributed by atoms with Gasteiger partial charge < -0.3 is 19.7 Å². The van der Waals surface area contributed by atoms with Gasteiger partial charge in [0.2, 0.25) is 5.95 Å². The molecule has 0 amide bonds. The van der Waals surface area contributed by atoms with E-state index in [0.29, 0.717) is 0 Å². The molecule has 0 bridgehead atoms. The van der Waals surface area contributed by atoms with Gasteiger partial charge in [0.25, 0.3) is 0 Å². The number of anilines is 3. The maximum absolute atomic E-state index is 5.46. The van der Waals surface area contributed by atoms with Gasteiger partial charge in [-0.05, 0) is 61.2 Å². The Bertz CT molecular complexity index is 1040. The Morgan fingerprint density at radius 1 is 0.966 bits per heavy atom. The lowest BCUT2D eigenvalue weighted by atomic mass is 9.99. The van der Waals surface area contributed by atoms with Gasteiger partial charge in [-0.15, -0.1) is 0 Å². The quantitative estimate of drug-likeness (QED) is 0.696. The molecular weight excluding hydrogens is 364 g/mol. The van der Waals surface area contributed by atoms with Crippen LogP contribution in [0.3, 0.4) is 0 Å². The predicted octanol–water partition coefficient (Wildman–Crippen LogP) is 4.42. The van der Waals surface area contributed by atoms with Gasteiger partial charge in [0.05, 0.1) is 14.2 Å². The molecule has 1 aromatic heterocycles. The number of ether oxygens (including phenoxy) is 2. The minimum absolute atomic E-state index is 0.722. The molecule has 0 fully saturated rings. The second kappa shape index (κ2) is 7.99. The molecule has 2 aromatic carbocycles. The first-order chi connectivity index (χ1) is 14.1. The van der Waals surface area contributed by atoms with Gasteiger partial charge in [-0.3, -0.25) is 0 Å². The van der Waals surface area contributed by atoms with E-state index in [1.54, 1.807) is 20.4 Å². The highest BCUT2D eigenvalue weighted by Crippen LogP contribution is 2.34. The third kappa shape index (κ3) is 3.97. The summed E-state index contributed by atoms with van der Waals surface area (Å²) < 4.78 is 10.9. The van der Waals surface area contributed by atoms with Gasteiger partial charge in [0, 0.05) is 25.0 Å². The van der Waals surface area contributed by atoms with Crippen LogP contribution in [-0.2, 0) is 13.0 Å². The Morgan fingerprint density at radius 3 is 2.45 bits per heavy atom. The van der Waals surface area contributed by atoms with Crippen LogP contribution in [0.4, 0.5) is 17.5 Å². The monoisotopic (exact) mass is 390 g/mol. The Labute approximate surface area is 171 Å².